The van der Waals surface area contributed by atoms with Crippen molar-refractivity contribution < 1.29 is 9.53 Å². The first-order chi connectivity index (χ1) is 11.1. The Hall–Kier alpha value is -2.23. The zero-order valence-corrected chi connectivity index (χ0v) is 13.7. The maximum Gasteiger partial charge on any atom is 0.314 e. The van der Waals surface area contributed by atoms with Crippen molar-refractivity contribution in [3.8, 4) is 16.9 Å². The lowest BCUT2D eigenvalue weighted by molar-refractivity contribution is -0.140. The molecule has 0 N–H and O–H groups in total. The molecule has 3 rings (SSSR count). The largest absolute Gasteiger partial charge is 0.426 e. The SMILES string of the molecule is Cc1ncc(-c2ccc(OC(=O)C3CCC(C)CC3)cc2)cn1. The standard InChI is InChI=1S/C19H22N2O2/c1-13-3-5-16(6-4-13)19(22)23-18-9-7-15(8-10-18)17-11-20-14(2)21-12-17/h7-13,16H,3-6H2,1-2H3. The lowest BCUT2D eigenvalue weighted by Gasteiger charge is -2.24. The third-order valence-electron chi connectivity index (χ3n) is 4.54. The molecule has 1 saturated carbocycles. The Bertz CT molecular complexity index is 657. The zero-order valence-electron chi connectivity index (χ0n) is 13.7. The van der Waals surface area contributed by atoms with Crippen LogP contribution in [0.25, 0.3) is 11.1 Å². The van der Waals surface area contributed by atoms with Gasteiger partial charge >= 0.3 is 5.97 Å². The highest BCUT2D eigenvalue weighted by Gasteiger charge is 2.25. The van der Waals surface area contributed by atoms with Crippen molar-refractivity contribution in [1.82, 2.24) is 9.97 Å². The monoisotopic (exact) mass is 310 g/mol. The van der Waals surface area contributed by atoms with Crippen LogP contribution in [-0.4, -0.2) is 15.9 Å². The molecular weight excluding hydrogens is 288 g/mol. The van der Waals surface area contributed by atoms with E-state index < -0.39 is 0 Å². The molecule has 1 aliphatic rings. The van der Waals surface area contributed by atoms with Crippen LogP contribution in [0.15, 0.2) is 36.7 Å². The molecule has 4 heteroatoms. The Morgan fingerprint density at radius 3 is 2.22 bits per heavy atom. The van der Waals surface area contributed by atoms with Gasteiger partial charge in [0.1, 0.15) is 11.6 Å². The predicted molar refractivity (Wildman–Crippen MR) is 89.0 cm³/mol. The van der Waals surface area contributed by atoms with Crippen molar-refractivity contribution >= 4 is 5.97 Å². The average molecular weight is 310 g/mol. The number of rotatable bonds is 3. The van der Waals surface area contributed by atoms with E-state index in [0.29, 0.717) is 5.75 Å². The van der Waals surface area contributed by atoms with Crippen molar-refractivity contribution in [3.63, 3.8) is 0 Å². The van der Waals surface area contributed by atoms with Gasteiger partial charge in [-0.1, -0.05) is 19.1 Å². The number of carbonyl (C=O) groups excluding carboxylic acids is 1. The number of hydrogen-bond donors (Lipinski definition) is 0. The van der Waals surface area contributed by atoms with Gasteiger partial charge in [-0.05, 0) is 56.2 Å². The van der Waals surface area contributed by atoms with Crippen LogP contribution in [0.4, 0.5) is 0 Å². The summed E-state index contributed by atoms with van der Waals surface area (Å²) in [6.45, 7) is 4.10. The van der Waals surface area contributed by atoms with Gasteiger partial charge in [0.15, 0.2) is 0 Å². The second-order valence-electron chi connectivity index (χ2n) is 6.42. The minimum absolute atomic E-state index is 0.0522. The number of esters is 1. The van der Waals surface area contributed by atoms with Gasteiger partial charge in [-0.3, -0.25) is 4.79 Å². The lowest BCUT2D eigenvalue weighted by atomic mass is 9.83. The fourth-order valence-corrected chi connectivity index (χ4v) is 2.95. The van der Waals surface area contributed by atoms with E-state index in [-0.39, 0.29) is 11.9 Å². The van der Waals surface area contributed by atoms with Crippen LogP contribution >= 0.6 is 0 Å². The summed E-state index contributed by atoms with van der Waals surface area (Å²) in [5, 5.41) is 0. The third kappa shape index (κ3) is 3.95. The number of aryl methyl sites for hydroxylation is 1. The van der Waals surface area contributed by atoms with Gasteiger partial charge in [-0.2, -0.15) is 0 Å². The average Bonchev–Trinajstić information content (AvgIpc) is 2.57. The summed E-state index contributed by atoms with van der Waals surface area (Å²) < 4.78 is 5.53. The molecule has 0 bridgehead atoms. The van der Waals surface area contributed by atoms with Gasteiger partial charge in [-0.25, -0.2) is 9.97 Å². The highest BCUT2D eigenvalue weighted by molar-refractivity contribution is 5.75. The molecule has 120 valence electrons. The third-order valence-corrected chi connectivity index (χ3v) is 4.54. The Labute approximate surface area is 136 Å². The number of carbonyl (C=O) groups is 1. The second kappa shape index (κ2) is 6.90. The quantitative estimate of drug-likeness (QED) is 0.630. The molecule has 0 saturated heterocycles. The molecule has 23 heavy (non-hydrogen) atoms. The number of nitrogens with zero attached hydrogens (tertiary/aromatic N) is 2. The summed E-state index contributed by atoms with van der Waals surface area (Å²) in [6, 6.07) is 7.52. The number of hydrogen-bond acceptors (Lipinski definition) is 4. The van der Waals surface area contributed by atoms with Gasteiger partial charge in [0.05, 0.1) is 5.92 Å². The van der Waals surface area contributed by atoms with Crippen LogP contribution in [0.5, 0.6) is 5.75 Å². The minimum atomic E-state index is -0.0941. The van der Waals surface area contributed by atoms with E-state index in [1.807, 2.05) is 31.2 Å². The molecule has 0 radical (unpaired) electrons. The molecular formula is C19H22N2O2. The molecule has 1 heterocycles. The van der Waals surface area contributed by atoms with Gasteiger partial charge in [0, 0.05) is 18.0 Å². The van der Waals surface area contributed by atoms with Crippen LogP contribution in [-0.2, 0) is 4.79 Å². The van der Waals surface area contributed by atoms with Crippen LogP contribution in [0.3, 0.4) is 0 Å². The first kappa shape index (κ1) is 15.7. The summed E-state index contributed by atoms with van der Waals surface area (Å²) in [4.78, 5) is 20.6. The lowest BCUT2D eigenvalue weighted by Crippen LogP contribution is -2.24. The highest BCUT2D eigenvalue weighted by atomic mass is 16.5. The molecule has 0 atom stereocenters. The molecule has 1 aliphatic carbocycles. The molecule has 0 amide bonds. The van der Waals surface area contributed by atoms with E-state index in [4.69, 9.17) is 4.74 Å². The topological polar surface area (TPSA) is 52.1 Å². The van der Waals surface area contributed by atoms with Gasteiger partial charge in [0.2, 0.25) is 0 Å². The molecule has 0 spiro atoms. The first-order valence-electron chi connectivity index (χ1n) is 8.22. The van der Waals surface area contributed by atoms with Crippen LogP contribution in [0.1, 0.15) is 38.4 Å². The molecule has 1 aromatic carbocycles. The number of benzene rings is 1. The van der Waals surface area contributed by atoms with E-state index in [1.54, 1.807) is 12.4 Å². The zero-order chi connectivity index (χ0) is 16.2. The van der Waals surface area contributed by atoms with Gasteiger partial charge in [0.25, 0.3) is 0 Å². The Morgan fingerprint density at radius 2 is 1.61 bits per heavy atom. The molecule has 1 fully saturated rings. The van der Waals surface area contributed by atoms with Crippen molar-refractivity contribution in [2.45, 2.75) is 39.5 Å². The predicted octanol–water partition coefficient (Wildman–Crippen LogP) is 4.18. The van der Waals surface area contributed by atoms with Crippen molar-refractivity contribution in [3.05, 3.63) is 42.5 Å². The van der Waals surface area contributed by atoms with Crippen LogP contribution < -0.4 is 4.74 Å². The highest BCUT2D eigenvalue weighted by Crippen LogP contribution is 2.30. The van der Waals surface area contributed by atoms with E-state index in [9.17, 15) is 4.79 Å². The molecule has 0 aliphatic heterocycles. The van der Waals surface area contributed by atoms with Crippen LogP contribution in [0, 0.1) is 18.8 Å². The molecule has 4 nitrogen and oxygen atoms in total. The van der Waals surface area contributed by atoms with E-state index in [0.717, 1.165) is 48.6 Å². The van der Waals surface area contributed by atoms with E-state index in [1.165, 1.54) is 0 Å². The first-order valence-corrected chi connectivity index (χ1v) is 8.22. The summed E-state index contributed by atoms with van der Waals surface area (Å²) in [5.41, 5.74) is 1.96. The fourth-order valence-electron chi connectivity index (χ4n) is 2.95. The number of aromatic nitrogens is 2. The normalized spacial score (nSPS) is 21.0. The summed E-state index contributed by atoms with van der Waals surface area (Å²) in [5.74, 6) is 2.04. The summed E-state index contributed by atoms with van der Waals surface area (Å²) in [7, 11) is 0. The maximum absolute atomic E-state index is 12.2. The Balaban J connectivity index is 1.63. The van der Waals surface area contributed by atoms with Crippen molar-refractivity contribution in [2.75, 3.05) is 0 Å². The summed E-state index contributed by atoms with van der Waals surface area (Å²) in [6.07, 6.45) is 7.72. The van der Waals surface area contributed by atoms with Crippen molar-refractivity contribution in [2.24, 2.45) is 11.8 Å². The maximum atomic E-state index is 12.2. The fraction of sp³-hybridized carbons (Fsp3) is 0.421. The minimum Gasteiger partial charge on any atom is -0.426 e. The molecule has 0 unspecified atom stereocenters. The molecule has 1 aromatic heterocycles. The Kier molecular flexibility index (Phi) is 4.70. The van der Waals surface area contributed by atoms with E-state index in [2.05, 4.69) is 16.9 Å². The summed E-state index contributed by atoms with van der Waals surface area (Å²) >= 11 is 0. The van der Waals surface area contributed by atoms with Crippen LogP contribution in [0.2, 0.25) is 0 Å². The molecule has 2 aromatic rings. The van der Waals surface area contributed by atoms with Gasteiger partial charge < -0.3 is 4.74 Å². The van der Waals surface area contributed by atoms with Crippen molar-refractivity contribution in [1.29, 1.82) is 0 Å². The number of ether oxygens (including phenoxy) is 1. The Morgan fingerprint density at radius 1 is 1.00 bits per heavy atom. The van der Waals surface area contributed by atoms with Gasteiger partial charge in [-0.15, -0.1) is 0 Å². The second-order valence-corrected chi connectivity index (χ2v) is 6.42. The smallest absolute Gasteiger partial charge is 0.314 e. The van der Waals surface area contributed by atoms with E-state index >= 15 is 0 Å².